The van der Waals surface area contributed by atoms with Crippen LogP contribution in [-0.2, 0) is 26.1 Å². The molecule has 0 fully saturated rings. The molecular weight excluding hydrogens is 380 g/mol. The van der Waals surface area contributed by atoms with E-state index >= 15 is 0 Å². The van der Waals surface area contributed by atoms with E-state index in [1.165, 1.54) is 18.4 Å². The monoisotopic (exact) mass is 404 g/mol. The standard InChI is InChI=1S/C18H25BrN6/c1-3-20-18(24(2)13-14-8-4-5-9-15(14)19)21-12-17-23-22-16-10-6-7-11-25(16)17/h4-5,8-9H,3,6-7,10-13H2,1-2H3,(H,20,21). The fourth-order valence-electron chi connectivity index (χ4n) is 3.06. The van der Waals surface area contributed by atoms with E-state index in [0.29, 0.717) is 6.54 Å². The molecule has 0 saturated heterocycles. The van der Waals surface area contributed by atoms with Gasteiger partial charge in [0.1, 0.15) is 12.4 Å². The Kier molecular flexibility index (Phi) is 6.07. The third kappa shape index (κ3) is 4.39. The van der Waals surface area contributed by atoms with Crippen LogP contribution in [0.4, 0.5) is 0 Å². The van der Waals surface area contributed by atoms with E-state index in [-0.39, 0.29) is 0 Å². The smallest absolute Gasteiger partial charge is 0.194 e. The summed E-state index contributed by atoms with van der Waals surface area (Å²) >= 11 is 3.62. The summed E-state index contributed by atoms with van der Waals surface area (Å²) in [6.07, 6.45) is 3.43. The summed E-state index contributed by atoms with van der Waals surface area (Å²) in [5.74, 6) is 2.94. The van der Waals surface area contributed by atoms with Gasteiger partial charge in [-0.25, -0.2) is 4.99 Å². The van der Waals surface area contributed by atoms with E-state index in [1.807, 2.05) is 6.07 Å². The summed E-state index contributed by atoms with van der Waals surface area (Å²) in [6.45, 7) is 5.26. The van der Waals surface area contributed by atoms with Crippen molar-refractivity contribution in [2.45, 2.75) is 45.8 Å². The zero-order chi connectivity index (χ0) is 17.6. The van der Waals surface area contributed by atoms with Gasteiger partial charge in [0.05, 0.1) is 0 Å². The minimum Gasteiger partial charge on any atom is -0.357 e. The normalized spacial score (nSPS) is 14.3. The van der Waals surface area contributed by atoms with Gasteiger partial charge in [-0.1, -0.05) is 34.1 Å². The molecule has 2 heterocycles. The number of aryl methyl sites for hydroxylation is 1. The maximum Gasteiger partial charge on any atom is 0.194 e. The van der Waals surface area contributed by atoms with Gasteiger partial charge < -0.3 is 14.8 Å². The minimum atomic E-state index is 0.551. The molecule has 6 nitrogen and oxygen atoms in total. The summed E-state index contributed by atoms with van der Waals surface area (Å²) < 4.78 is 3.34. The SMILES string of the molecule is CCNC(=NCc1nnc2n1CCCC2)N(C)Cc1ccccc1Br. The van der Waals surface area contributed by atoms with E-state index in [2.05, 4.69) is 73.1 Å². The number of nitrogens with one attached hydrogen (secondary N) is 1. The fraction of sp³-hybridized carbons (Fsp3) is 0.500. The summed E-state index contributed by atoms with van der Waals surface area (Å²) in [6, 6.07) is 8.27. The van der Waals surface area contributed by atoms with E-state index < -0.39 is 0 Å². The lowest BCUT2D eigenvalue weighted by Crippen LogP contribution is -2.38. The van der Waals surface area contributed by atoms with Gasteiger partial charge in [0.25, 0.3) is 0 Å². The van der Waals surface area contributed by atoms with Crippen molar-refractivity contribution in [3.8, 4) is 0 Å². The van der Waals surface area contributed by atoms with Crippen LogP contribution in [0.25, 0.3) is 0 Å². The number of guanidine groups is 1. The molecule has 0 aliphatic carbocycles. The third-order valence-electron chi connectivity index (χ3n) is 4.37. The first kappa shape index (κ1) is 17.9. The van der Waals surface area contributed by atoms with Crippen LogP contribution in [0.3, 0.4) is 0 Å². The second-order valence-corrected chi connectivity index (χ2v) is 7.11. The number of aliphatic imine (C=N–C) groups is 1. The number of benzene rings is 1. The van der Waals surface area contributed by atoms with Crippen LogP contribution in [-0.4, -0.2) is 39.2 Å². The lowest BCUT2D eigenvalue weighted by molar-refractivity contribution is 0.473. The molecule has 0 amide bonds. The predicted molar refractivity (Wildman–Crippen MR) is 103 cm³/mol. The van der Waals surface area contributed by atoms with Crippen LogP contribution in [0.15, 0.2) is 33.7 Å². The average Bonchev–Trinajstić information content (AvgIpc) is 3.04. The maximum absolute atomic E-state index is 4.78. The number of hydrogen-bond donors (Lipinski definition) is 1. The topological polar surface area (TPSA) is 58.3 Å². The second kappa shape index (κ2) is 8.47. The lowest BCUT2D eigenvalue weighted by atomic mass is 10.2. The van der Waals surface area contributed by atoms with Crippen LogP contribution < -0.4 is 5.32 Å². The highest BCUT2D eigenvalue weighted by molar-refractivity contribution is 9.10. The molecule has 25 heavy (non-hydrogen) atoms. The Hall–Kier alpha value is -1.89. The Morgan fingerprint density at radius 2 is 2.16 bits per heavy atom. The number of rotatable bonds is 5. The van der Waals surface area contributed by atoms with Gasteiger partial charge >= 0.3 is 0 Å². The van der Waals surface area contributed by atoms with Gasteiger partial charge in [-0.2, -0.15) is 0 Å². The Morgan fingerprint density at radius 1 is 1.32 bits per heavy atom. The Bertz CT molecular complexity index is 739. The molecule has 0 spiro atoms. The number of halogens is 1. The second-order valence-electron chi connectivity index (χ2n) is 6.26. The summed E-state index contributed by atoms with van der Waals surface area (Å²) in [4.78, 5) is 6.92. The Labute approximate surface area is 157 Å². The fourth-order valence-corrected chi connectivity index (χ4v) is 3.47. The largest absolute Gasteiger partial charge is 0.357 e. The van der Waals surface area contributed by atoms with Gasteiger partial charge in [0.15, 0.2) is 11.8 Å². The number of hydrogen-bond acceptors (Lipinski definition) is 3. The lowest BCUT2D eigenvalue weighted by Gasteiger charge is -2.23. The number of aromatic nitrogens is 3. The van der Waals surface area contributed by atoms with Gasteiger partial charge in [-0.15, -0.1) is 10.2 Å². The molecule has 1 aliphatic heterocycles. The van der Waals surface area contributed by atoms with E-state index in [1.54, 1.807) is 0 Å². The van der Waals surface area contributed by atoms with Gasteiger partial charge in [-0.3, -0.25) is 0 Å². The first-order chi connectivity index (χ1) is 12.2. The zero-order valence-electron chi connectivity index (χ0n) is 14.9. The number of nitrogens with zero attached hydrogens (tertiary/aromatic N) is 5. The molecule has 3 rings (SSSR count). The molecule has 0 unspecified atom stereocenters. The van der Waals surface area contributed by atoms with E-state index in [4.69, 9.17) is 4.99 Å². The van der Waals surface area contributed by atoms with Crippen LogP contribution in [0.1, 0.15) is 37.0 Å². The van der Waals surface area contributed by atoms with Crippen molar-refractivity contribution in [2.75, 3.05) is 13.6 Å². The first-order valence-electron chi connectivity index (χ1n) is 8.83. The van der Waals surface area contributed by atoms with Crippen molar-refractivity contribution in [3.63, 3.8) is 0 Å². The van der Waals surface area contributed by atoms with Crippen molar-refractivity contribution in [3.05, 3.63) is 46.0 Å². The molecule has 1 N–H and O–H groups in total. The Balaban J connectivity index is 1.72. The third-order valence-corrected chi connectivity index (χ3v) is 5.14. The van der Waals surface area contributed by atoms with Gasteiger partial charge in [0, 0.05) is 37.6 Å². The highest BCUT2D eigenvalue weighted by Gasteiger charge is 2.16. The number of fused-ring (bicyclic) bond motifs is 1. The maximum atomic E-state index is 4.78. The molecule has 0 saturated carbocycles. The van der Waals surface area contributed by atoms with Crippen molar-refractivity contribution < 1.29 is 0 Å². The minimum absolute atomic E-state index is 0.551. The zero-order valence-corrected chi connectivity index (χ0v) is 16.5. The summed E-state index contributed by atoms with van der Waals surface area (Å²) in [5, 5.41) is 12.0. The molecule has 1 aliphatic rings. The molecule has 0 bridgehead atoms. The van der Waals surface area contributed by atoms with Crippen LogP contribution in [0.5, 0.6) is 0 Å². The van der Waals surface area contributed by atoms with Crippen LogP contribution >= 0.6 is 15.9 Å². The first-order valence-corrected chi connectivity index (χ1v) is 9.62. The molecule has 7 heteroatoms. The summed E-state index contributed by atoms with van der Waals surface area (Å²) in [5.41, 5.74) is 1.23. The van der Waals surface area contributed by atoms with Gasteiger partial charge in [0.2, 0.25) is 0 Å². The van der Waals surface area contributed by atoms with Crippen molar-refractivity contribution in [1.29, 1.82) is 0 Å². The molecular formula is C18H25BrN6. The highest BCUT2D eigenvalue weighted by Crippen LogP contribution is 2.18. The quantitative estimate of drug-likeness (QED) is 0.614. The molecule has 0 atom stereocenters. The Morgan fingerprint density at radius 3 is 2.96 bits per heavy atom. The van der Waals surface area contributed by atoms with Crippen molar-refractivity contribution >= 4 is 21.9 Å². The van der Waals surface area contributed by atoms with Crippen molar-refractivity contribution in [1.82, 2.24) is 25.0 Å². The van der Waals surface area contributed by atoms with E-state index in [9.17, 15) is 0 Å². The summed E-state index contributed by atoms with van der Waals surface area (Å²) in [7, 11) is 2.06. The van der Waals surface area contributed by atoms with Gasteiger partial charge in [-0.05, 0) is 31.4 Å². The molecule has 2 aromatic rings. The molecule has 1 aromatic carbocycles. The van der Waals surface area contributed by atoms with E-state index in [0.717, 1.165) is 48.1 Å². The van der Waals surface area contributed by atoms with Crippen LogP contribution in [0, 0.1) is 0 Å². The van der Waals surface area contributed by atoms with Crippen molar-refractivity contribution in [2.24, 2.45) is 4.99 Å². The average molecular weight is 405 g/mol. The van der Waals surface area contributed by atoms with Crippen LogP contribution in [0.2, 0.25) is 0 Å². The predicted octanol–water partition coefficient (Wildman–Crippen LogP) is 2.97. The highest BCUT2D eigenvalue weighted by atomic mass is 79.9. The molecule has 134 valence electrons. The molecule has 0 radical (unpaired) electrons. The molecule has 1 aromatic heterocycles.